The zero-order valence-corrected chi connectivity index (χ0v) is 12.5. The SMILES string of the molecule is CCCC1CCC(Nc2cc(C(C)C)ncn2)CC1. The van der Waals surface area contributed by atoms with Gasteiger partial charge in [0.05, 0.1) is 0 Å². The molecule has 1 aliphatic rings. The maximum atomic E-state index is 4.35. The van der Waals surface area contributed by atoms with Gasteiger partial charge >= 0.3 is 0 Å². The molecule has 0 aliphatic heterocycles. The molecule has 1 aliphatic carbocycles. The van der Waals surface area contributed by atoms with E-state index in [9.17, 15) is 0 Å². The Morgan fingerprint density at radius 2 is 1.95 bits per heavy atom. The maximum Gasteiger partial charge on any atom is 0.129 e. The lowest BCUT2D eigenvalue weighted by atomic mass is 9.83. The van der Waals surface area contributed by atoms with Crippen LogP contribution in [0.15, 0.2) is 12.4 Å². The minimum atomic E-state index is 0.462. The fraction of sp³-hybridized carbons (Fsp3) is 0.750. The molecule has 0 bridgehead atoms. The Morgan fingerprint density at radius 3 is 2.58 bits per heavy atom. The molecule has 0 amide bonds. The van der Waals surface area contributed by atoms with Crippen molar-refractivity contribution in [2.24, 2.45) is 5.92 Å². The van der Waals surface area contributed by atoms with Crippen LogP contribution in [0.4, 0.5) is 5.82 Å². The van der Waals surface area contributed by atoms with E-state index in [1.54, 1.807) is 6.33 Å². The predicted molar refractivity (Wildman–Crippen MR) is 80.4 cm³/mol. The predicted octanol–water partition coefficient (Wildman–Crippen LogP) is 4.37. The normalized spacial score (nSPS) is 23.6. The lowest BCUT2D eigenvalue weighted by Gasteiger charge is -2.29. The number of nitrogens with one attached hydrogen (secondary N) is 1. The van der Waals surface area contributed by atoms with Gasteiger partial charge in [-0.2, -0.15) is 0 Å². The average molecular weight is 261 g/mol. The van der Waals surface area contributed by atoms with Crippen LogP contribution in [0, 0.1) is 5.92 Å². The van der Waals surface area contributed by atoms with Crippen molar-refractivity contribution in [3.05, 3.63) is 18.1 Å². The summed E-state index contributed by atoms with van der Waals surface area (Å²) in [5.74, 6) is 2.42. The first-order valence-electron chi connectivity index (χ1n) is 7.77. The van der Waals surface area contributed by atoms with E-state index in [0.29, 0.717) is 12.0 Å². The van der Waals surface area contributed by atoms with Crippen molar-refractivity contribution >= 4 is 5.82 Å². The van der Waals surface area contributed by atoms with E-state index in [-0.39, 0.29) is 0 Å². The largest absolute Gasteiger partial charge is 0.367 e. The molecule has 0 saturated heterocycles. The summed E-state index contributed by atoms with van der Waals surface area (Å²) in [6.45, 7) is 6.63. The van der Waals surface area contributed by atoms with Crippen LogP contribution in [0.5, 0.6) is 0 Å². The minimum absolute atomic E-state index is 0.462. The van der Waals surface area contributed by atoms with E-state index in [2.05, 4.69) is 42.1 Å². The van der Waals surface area contributed by atoms with Crippen molar-refractivity contribution in [2.75, 3.05) is 5.32 Å². The van der Waals surface area contributed by atoms with E-state index < -0.39 is 0 Å². The zero-order chi connectivity index (χ0) is 13.7. The molecule has 1 fully saturated rings. The van der Waals surface area contributed by atoms with Crippen molar-refractivity contribution in [3.8, 4) is 0 Å². The van der Waals surface area contributed by atoms with E-state index >= 15 is 0 Å². The van der Waals surface area contributed by atoms with Gasteiger partial charge in [0.1, 0.15) is 12.1 Å². The molecule has 0 spiro atoms. The zero-order valence-electron chi connectivity index (χ0n) is 12.5. The Hall–Kier alpha value is -1.12. The van der Waals surface area contributed by atoms with Crippen molar-refractivity contribution in [1.29, 1.82) is 0 Å². The Balaban J connectivity index is 1.87. The highest BCUT2D eigenvalue weighted by molar-refractivity contribution is 5.36. The third-order valence-electron chi connectivity index (χ3n) is 4.18. The lowest BCUT2D eigenvalue weighted by molar-refractivity contribution is 0.318. The molecule has 0 unspecified atom stereocenters. The number of hydrogen-bond acceptors (Lipinski definition) is 3. The van der Waals surface area contributed by atoms with Crippen molar-refractivity contribution in [2.45, 2.75) is 71.3 Å². The van der Waals surface area contributed by atoms with E-state index in [4.69, 9.17) is 0 Å². The van der Waals surface area contributed by atoms with Crippen LogP contribution in [0.25, 0.3) is 0 Å². The Kier molecular flexibility index (Phi) is 5.17. The number of aromatic nitrogens is 2. The highest BCUT2D eigenvalue weighted by atomic mass is 15.0. The molecule has 1 aromatic heterocycles. The van der Waals surface area contributed by atoms with Crippen LogP contribution in [0.3, 0.4) is 0 Å². The molecule has 0 aromatic carbocycles. The van der Waals surface area contributed by atoms with Crippen LogP contribution in [0.2, 0.25) is 0 Å². The van der Waals surface area contributed by atoms with Crippen molar-refractivity contribution < 1.29 is 0 Å². The lowest BCUT2D eigenvalue weighted by Crippen LogP contribution is -2.26. The van der Waals surface area contributed by atoms with Crippen LogP contribution >= 0.6 is 0 Å². The fourth-order valence-electron chi connectivity index (χ4n) is 2.98. The Labute approximate surface area is 117 Å². The summed E-state index contributed by atoms with van der Waals surface area (Å²) >= 11 is 0. The maximum absolute atomic E-state index is 4.35. The van der Waals surface area contributed by atoms with Gasteiger partial charge in [0, 0.05) is 17.8 Å². The third-order valence-corrected chi connectivity index (χ3v) is 4.18. The van der Waals surface area contributed by atoms with Crippen molar-refractivity contribution in [1.82, 2.24) is 9.97 Å². The summed E-state index contributed by atoms with van der Waals surface area (Å²) in [4.78, 5) is 8.67. The van der Waals surface area contributed by atoms with Gasteiger partial charge in [-0.05, 0) is 37.5 Å². The number of rotatable bonds is 5. The molecular formula is C16H27N3. The van der Waals surface area contributed by atoms with Gasteiger partial charge in [0.25, 0.3) is 0 Å². The standard InChI is InChI=1S/C16H27N3/c1-4-5-13-6-8-14(9-7-13)19-16-10-15(12(2)3)17-11-18-16/h10-14H,4-9H2,1-3H3,(H,17,18,19). The first-order chi connectivity index (χ1) is 9.19. The van der Waals surface area contributed by atoms with Crippen LogP contribution < -0.4 is 5.32 Å². The van der Waals surface area contributed by atoms with Gasteiger partial charge in [-0.15, -0.1) is 0 Å². The molecule has 1 N–H and O–H groups in total. The van der Waals surface area contributed by atoms with E-state index in [1.165, 1.54) is 38.5 Å². The van der Waals surface area contributed by atoms with Gasteiger partial charge in [0.2, 0.25) is 0 Å². The molecule has 106 valence electrons. The van der Waals surface area contributed by atoms with Gasteiger partial charge in [-0.3, -0.25) is 0 Å². The summed E-state index contributed by atoms with van der Waals surface area (Å²) in [6, 6.07) is 2.70. The number of hydrogen-bond donors (Lipinski definition) is 1. The molecule has 1 aromatic rings. The van der Waals surface area contributed by atoms with Gasteiger partial charge < -0.3 is 5.32 Å². The third kappa shape index (κ3) is 4.19. The number of nitrogens with zero attached hydrogens (tertiary/aromatic N) is 2. The van der Waals surface area contributed by atoms with Crippen LogP contribution in [-0.4, -0.2) is 16.0 Å². The molecule has 1 saturated carbocycles. The second-order valence-electron chi connectivity index (χ2n) is 6.13. The number of anilines is 1. The molecule has 3 heteroatoms. The highest BCUT2D eigenvalue weighted by Crippen LogP contribution is 2.29. The summed E-state index contributed by atoms with van der Waals surface area (Å²) < 4.78 is 0. The van der Waals surface area contributed by atoms with Crippen molar-refractivity contribution in [3.63, 3.8) is 0 Å². The smallest absolute Gasteiger partial charge is 0.129 e. The monoisotopic (exact) mass is 261 g/mol. The Bertz CT molecular complexity index is 381. The molecular weight excluding hydrogens is 234 g/mol. The topological polar surface area (TPSA) is 37.8 Å². The summed E-state index contributed by atoms with van der Waals surface area (Å²) in [5.41, 5.74) is 1.12. The van der Waals surface area contributed by atoms with Gasteiger partial charge in [0.15, 0.2) is 0 Å². The summed E-state index contributed by atoms with van der Waals surface area (Å²) in [6.07, 6.45) is 9.71. The Morgan fingerprint density at radius 1 is 1.21 bits per heavy atom. The summed E-state index contributed by atoms with van der Waals surface area (Å²) in [7, 11) is 0. The highest BCUT2D eigenvalue weighted by Gasteiger charge is 2.20. The average Bonchev–Trinajstić information content (AvgIpc) is 2.42. The van der Waals surface area contributed by atoms with Gasteiger partial charge in [-0.1, -0.05) is 33.6 Å². The first kappa shape index (κ1) is 14.3. The van der Waals surface area contributed by atoms with Crippen LogP contribution in [0.1, 0.15) is 70.9 Å². The minimum Gasteiger partial charge on any atom is -0.367 e. The molecule has 2 rings (SSSR count). The molecule has 3 nitrogen and oxygen atoms in total. The first-order valence-corrected chi connectivity index (χ1v) is 7.77. The van der Waals surface area contributed by atoms with Gasteiger partial charge in [-0.25, -0.2) is 9.97 Å². The molecule has 0 atom stereocenters. The molecule has 1 heterocycles. The fourth-order valence-corrected chi connectivity index (χ4v) is 2.98. The molecule has 0 radical (unpaired) electrons. The second kappa shape index (κ2) is 6.88. The summed E-state index contributed by atoms with van der Waals surface area (Å²) in [5, 5.41) is 3.59. The van der Waals surface area contributed by atoms with Crippen LogP contribution in [-0.2, 0) is 0 Å². The molecule has 19 heavy (non-hydrogen) atoms. The van der Waals surface area contributed by atoms with E-state index in [0.717, 1.165) is 17.4 Å². The quantitative estimate of drug-likeness (QED) is 0.855. The second-order valence-corrected chi connectivity index (χ2v) is 6.13. The van der Waals surface area contributed by atoms with E-state index in [1.807, 2.05) is 0 Å².